The summed E-state index contributed by atoms with van der Waals surface area (Å²) in [5.41, 5.74) is 3.90. The number of ketones is 1. The van der Waals surface area contributed by atoms with Gasteiger partial charge in [-0.2, -0.15) is 0 Å². The first-order chi connectivity index (χ1) is 11.6. The smallest absolute Gasteiger partial charge is 0.141 e. The fourth-order valence-corrected chi connectivity index (χ4v) is 3.20. The largest absolute Gasteiger partial charge is 0.369 e. The van der Waals surface area contributed by atoms with Gasteiger partial charge in [-0.15, -0.1) is 0 Å². The normalized spacial score (nSPS) is 17.7. The molecule has 0 radical (unpaired) electrons. The van der Waals surface area contributed by atoms with Crippen LogP contribution in [0.5, 0.6) is 0 Å². The van der Waals surface area contributed by atoms with Gasteiger partial charge in [0.1, 0.15) is 11.9 Å². The molecule has 1 unspecified atom stereocenters. The number of morpholine rings is 1. The van der Waals surface area contributed by atoms with E-state index in [0.717, 1.165) is 35.5 Å². The van der Waals surface area contributed by atoms with Crippen LogP contribution in [0.1, 0.15) is 28.5 Å². The molecule has 0 saturated carbocycles. The van der Waals surface area contributed by atoms with Crippen LogP contribution in [0.15, 0.2) is 36.5 Å². The second-order valence-corrected chi connectivity index (χ2v) is 6.57. The minimum atomic E-state index is -0.00466. The van der Waals surface area contributed by atoms with Crippen molar-refractivity contribution in [2.45, 2.75) is 25.9 Å². The monoisotopic (exact) mass is 344 g/mol. The Morgan fingerprint density at radius 2 is 2.17 bits per heavy atom. The van der Waals surface area contributed by atoms with Crippen molar-refractivity contribution >= 4 is 17.4 Å². The molecule has 0 spiro atoms. The molecule has 1 saturated heterocycles. The minimum absolute atomic E-state index is 0.00466. The lowest BCUT2D eigenvalue weighted by Gasteiger charge is -2.24. The molecular weight excluding hydrogens is 324 g/mol. The van der Waals surface area contributed by atoms with Crippen LogP contribution in [0, 0.1) is 6.92 Å². The highest BCUT2D eigenvalue weighted by molar-refractivity contribution is 6.30. The highest BCUT2D eigenvalue weighted by Crippen LogP contribution is 2.21. The number of rotatable bonds is 5. The molecule has 1 aliphatic heterocycles. The van der Waals surface area contributed by atoms with E-state index in [1.165, 1.54) is 0 Å². The molecule has 1 aliphatic rings. The fraction of sp³-hybridized carbons (Fsp3) is 0.368. The Bertz CT molecular complexity index is 727. The van der Waals surface area contributed by atoms with Crippen molar-refractivity contribution in [2.24, 2.45) is 0 Å². The average molecular weight is 345 g/mol. The number of Topliss-reactive ketones (excluding diaryl/α,β-unsaturated/α-hetero) is 1. The molecule has 24 heavy (non-hydrogen) atoms. The van der Waals surface area contributed by atoms with Gasteiger partial charge in [-0.3, -0.25) is 9.78 Å². The first kappa shape index (κ1) is 17.1. The lowest BCUT2D eigenvalue weighted by molar-refractivity contribution is -0.117. The number of ether oxygens (including phenoxy) is 1. The minimum Gasteiger partial charge on any atom is -0.369 e. The standard InChI is InChI=1S/C19H21ClN2O2/c1-13-7-15(11-22-19(13)18-12-21-5-6-24-18)10-17(23)9-14-3-2-4-16(20)8-14/h2-4,7-8,11,18,21H,5-6,9-10,12H2,1H3. The SMILES string of the molecule is Cc1cc(CC(=O)Cc2cccc(Cl)c2)cnc1C1CNCCO1. The highest BCUT2D eigenvalue weighted by atomic mass is 35.5. The summed E-state index contributed by atoms with van der Waals surface area (Å²) in [6.45, 7) is 4.38. The number of aryl methyl sites for hydroxylation is 1. The zero-order chi connectivity index (χ0) is 16.9. The Kier molecular flexibility index (Phi) is 5.61. The van der Waals surface area contributed by atoms with Crippen LogP contribution < -0.4 is 5.32 Å². The van der Waals surface area contributed by atoms with Gasteiger partial charge in [-0.1, -0.05) is 29.8 Å². The van der Waals surface area contributed by atoms with Crippen molar-refractivity contribution < 1.29 is 9.53 Å². The fourth-order valence-electron chi connectivity index (χ4n) is 2.98. The Balaban J connectivity index is 1.64. The average Bonchev–Trinajstić information content (AvgIpc) is 2.55. The molecule has 1 aromatic carbocycles. The van der Waals surface area contributed by atoms with E-state index in [9.17, 15) is 4.79 Å². The van der Waals surface area contributed by atoms with Gasteiger partial charge in [-0.05, 0) is 35.7 Å². The molecule has 4 nitrogen and oxygen atoms in total. The summed E-state index contributed by atoms with van der Waals surface area (Å²) in [6, 6.07) is 9.47. The highest BCUT2D eigenvalue weighted by Gasteiger charge is 2.19. The Labute approximate surface area is 147 Å². The van der Waals surface area contributed by atoms with Crippen molar-refractivity contribution in [2.75, 3.05) is 19.7 Å². The third kappa shape index (κ3) is 4.41. The number of carbonyl (C=O) groups is 1. The second-order valence-electron chi connectivity index (χ2n) is 6.13. The van der Waals surface area contributed by atoms with Crippen molar-refractivity contribution in [3.8, 4) is 0 Å². The topological polar surface area (TPSA) is 51.2 Å². The summed E-state index contributed by atoms with van der Waals surface area (Å²) >= 11 is 5.96. The molecule has 126 valence electrons. The molecule has 0 aliphatic carbocycles. The zero-order valence-corrected chi connectivity index (χ0v) is 14.5. The van der Waals surface area contributed by atoms with E-state index in [0.29, 0.717) is 24.5 Å². The molecule has 1 N–H and O–H groups in total. The Morgan fingerprint density at radius 3 is 2.88 bits per heavy atom. The molecule has 1 atom stereocenters. The molecule has 1 fully saturated rings. The molecule has 1 aromatic heterocycles. The lowest BCUT2D eigenvalue weighted by Crippen LogP contribution is -2.34. The molecule has 5 heteroatoms. The third-order valence-corrected chi connectivity index (χ3v) is 4.33. The van der Waals surface area contributed by atoms with Gasteiger partial charge in [0, 0.05) is 37.2 Å². The van der Waals surface area contributed by atoms with Crippen LogP contribution in [0.4, 0.5) is 0 Å². The van der Waals surface area contributed by atoms with Crippen molar-refractivity contribution in [1.29, 1.82) is 0 Å². The third-order valence-electron chi connectivity index (χ3n) is 4.10. The van der Waals surface area contributed by atoms with Crippen molar-refractivity contribution in [1.82, 2.24) is 10.3 Å². The Hall–Kier alpha value is -1.75. The first-order valence-corrected chi connectivity index (χ1v) is 8.53. The van der Waals surface area contributed by atoms with E-state index in [1.54, 1.807) is 6.20 Å². The zero-order valence-electron chi connectivity index (χ0n) is 13.7. The summed E-state index contributed by atoms with van der Waals surface area (Å²) in [7, 11) is 0. The number of pyridine rings is 1. The maximum atomic E-state index is 12.3. The van der Waals surface area contributed by atoms with E-state index in [-0.39, 0.29) is 11.9 Å². The van der Waals surface area contributed by atoms with Gasteiger partial charge in [0.2, 0.25) is 0 Å². The summed E-state index contributed by atoms with van der Waals surface area (Å²) < 4.78 is 5.75. The molecule has 3 rings (SSSR count). The Morgan fingerprint density at radius 1 is 1.33 bits per heavy atom. The predicted octanol–water partition coefficient (Wildman–Crippen LogP) is 3.06. The first-order valence-electron chi connectivity index (χ1n) is 8.15. The number of benzene rings is 1. The van der Waals surface area contributed by atoms with Crippen LogP contribution in [-0.2, 0) is 22.4 Å². The van der Waals surface area contributed by atoms with E-state index in [2.05, 4.69) is 10.3 Å². The number of carbonyl (C=O) groups excluding carboxylic acids is 1. The van der Waals surface area contributed by atoms with E-state index in [4.69, 9.17) is 16.3 Å². The van der Waals surface area contributed by atoms with Crippen LogP contribution in [-0.4, -0.2) is 30.5 Å². The van der Waals surface area contributed by atoms with Gasteiger partial charge < -0.3 is 10.1 Å². The second kappa shape index (κ2) is 7.88. The predicted molar refractivity (Wildman–Crippen MR) is 94.4 cm³/mol. The maximum absolute atomic E-state index is 12.3. The number of nitrogens with zero attached hydrogens (tertiary/aromatic N) is 1. The number of nitrogens with one attached hydrogen (secondary N) is 1. The lowest BCUT2D eigenvalue weighted by atomic mass is 10.0. The summed E-state index contributed by atoms with van der Waals surface area (Å²) in [4.78, 5) is 16.8. The van der Waals surface area contributed by atoms with Crippen molar-refractivity contribution in [3.05, 3.63) is 63.9 Å². The molecular formula is C19H21ClN2O2. The number of hydrogen-bond acceptors (Lipinski definition) is 4. The number of halogens is 1. The van der Waals surface area contributed by atoms with Crippen LogP contribution in [0.25, 0.3) is 0 Å². The van der Waals surface area contributed by atoms with E-state index < -0.39 is 0 Å². The quantitative estimate of drug-likeness (QED) is 0.905. The molecule has 0 amide bonds. The van der Waals surface area contributed by atoms with Crippen LogP contribution in [0.2, 0.25) is 5.02 Å². The van der Waals surface area contributed by atoms with E-state index in [1.807, 2.05) is 37.3 Å². The van der Waals surface area contributed by atoms with Gasteiger partial charge in [0.25, 0.3) is 0 Å². The molecule has 2 heterocycles. The van der Waals surface area contributed by atoms with E-state index >= 15 is 0 Å². The molecule has 2 aromatic rings. The van der Waals surface area contributed by atoms with Gasteiger partial charge >= 0.3 is 0 Å². The molecule has 0 bridgehead atoms. The van der Waals surface area contributed by atoms with Crippen molar-refractivity contribution in [3.63, 3.8) is 0 Å². The van der Waals surface area contributed by atoms with Crippen LogP contribution in [0.3, 0.4) is 0 Å². The summed E-state index contributed by atoms with van der Waals surface area (Å²) in [6.07, 6.45) is 2.55. The van der Waals surface area contributed by atoms with Gasteiger partial charge in [-0.25, -0.2) is 0 Å². The van der Waals surface area contributed by atoms with Gasteiger partial charge in [0.05, 0.1) is 12.3 Å². The number of aromatic nitrogens is 1. The summed E-state index contributed by atoms with van der Waals surface area (Å²) in [5.74, 6) is 0.154. The van der Waals surface area contributed by atoms with Gasteiger partial charge in [0.15, 0.2) is 0 Å². The number of hydrogen-bond donors (Lipinski definition) is 1. The maximum Gasteiger partial charge on any atom is 0.141 e. The summed E-state index contributed by atoms with van der Waals surface area (Å²) in [5, 5.41) is 3.97. The van der Waals surface area contributed by atoms with Crippen LogP contribution >= 0.6 is 11.6 Å².